The van der Waals surface area contributed by atoms with Crippen LogP contribution in [0.1, 0.15) is 50.7 Å². The number of Topliss-reactive ketones (excluding diaryl/α,β-unsaturated/α-hetero) is 1. The van der Waals surface area contributed by atoms with Gasteiger partial charge < -0.3 is 4.74 Å². The summed E-state index contributed by atoms with van der Waals surface area (Å²) in [7, 11) is 1.71. The summed E-state index contributed by atoms with van der Waals surface area (Å²) < 4.78 is 5.34. The van der Waals surface area contributed by atoms with E-state index in [1.165, 1.54) is 16.7 Å². The van der Waals surface area contributed by atoms with Gasteiger partial charge in [0.05, 0.1) is 7.11 Å². The SMILES string of the molecule is CCC1=C2CCc3cc(OC)ccc3[C@]2(C)CCC1=O. The number of fused-ring (bicyclic) bond motifs is 3. The number of ether oxygens (including phenoxy) is 1. The first-order valence-electron chi connectivity index (χ1n) is 7.53. The number of carbonyl (C=O) groups is 1. The number of hydrogen-bond acceptors (Lipinski definition) is 2. The molecule has 0 unspecified atom stereocenters. The van der Waals surface area contributed by atoms with Gasteiger partial charge in [0.2, 0.25) is 0 Å². The first-order valence-corrected chi connectivity index (χ1v) is 7.53. The standard InChI is InChI=1S/C18H22O2/c1-4-14-16-7-5-12-11-13(20-3)6-8-15(12)18(16,2)10-9-17(14)19/h6,8,11H,4-5,7,9-10H2,1-3H3/t18-/m0/s1. The predicted molar refractivity (Wildman–Crippen MR) is 80.2 cm³/mol. The molecule has 0 N–H and O–H groups in total. The van der Waals surface area contributed by atoms with Crippen molar-refractivity contribution in [2.75, 3.05) is 7.11 Å². The van der Waals surface area contributed by atoms with Gasteiger partial charge >= 0.3 is 0 Å². The molecule has 0 aliphatic heterocycles. The molecule has 1 aromatic rings. The van der Waals surface area contributed by atoms with Crippen molar-refractivity contribution in [2.45, 2.75) is 51.4 Å². The third-order valence-electron chi connectivity index (χ3n) is 5.12. The maximum Gasteiger partial charge on any atom is 0.158 e. The van der Waals surface area contributed by atoms with Crippen molar-refractivity contribution in [3.63, 3.8) is 0 Å². The van der Waals surface area contributed by atoms with E-state index in [2.05, 4.69) is 32.0 Å². The van der Waals surface area contributed by atoms with E-state index in [9.17, 15) is 4.79 Å². The molecule has 0 spiro atoms. The van der Waals surface area contributed by atoms with Crippen LogP contribution < -0.4 is 4.74 Å². The second-order valence-corrected chi connectivity index (χ2v) is 6.09. The number of benzene rings is 1. The van der Waals surface area contributed by atoms with E-state index in [4.69, 9.17) is 4.74 Å². The molecule has 0 heterocycles. The van der Waals surface area contributed by atoms with Gasteiger partial charge in [-0.3, -0.25) is 4.79 Å². The molecule has 0 fully saturated rings. The Balaban J connectivity index is 2.16. The van der Waals surface area contributed by atoms with E-state index >= 15 is 0 Å². The molecular weight excluding hydrogens is 248 g/mol. The fourth-order valence-corrected chi connectivity index (χ4v) is 4.00. The molecule has 0 saturated heterocycles. The predicted octanol–water partition coefficient (Wildman–Crippen LogP) is 3.97. The zero-order valence-corrected chi connectivity index (χ0v) is 12.6. The number of allylic oxidation sites excluding steroid dienone is 2. The lowest BCUT2D eigenvalue weighted by molar-refractivity contribution is -0.116. The van der Waals surface area contributed by atoms with Crippen LogP contribution in [0.5, 0.6) is 5.75 Å². The van der Waals surface area contributed by atoms with Gasteiger partial charge in [0.25, 0.3) is 0 Å². The quantitative estimate of drug-likeness (QED) is 0.813. The van der Waals surface area contributed by atoms with Crippen LogP contribution in [0.4, 0.5) is 0 Å². The Morgan fingerprint density at radius 1 is 1.25 bits per heavy atom. The molecule has 0 bridgehead atoms. The van der Waals surface area contributed by atoms with Crippen molar-refractivity contribution in [3.05, 3.63) is 40.5 Å². The highest BCUT2D eigenvalue weighted by atomic mass is 16.5. The van der Waals surface area contributed by atoms with E-state index in [0.717, 1.165) is 37.0 Å². The summed E-state index contributed by atoms with van der Waals surface area (Å²) >= 11 is 0. The van der Waals surface area contributed by atoms with Gasteiger partial charge in [-0.1, -0.05) is 25.5 Å². The lowest BCUT2D eigenvalue weighted by Crippen LogP contribution is -2.36. The number of carbonyl (C=O) groups excluding carboxylic acids is 1. The fraction of sp³-hybridized carbons (Fsp3) is 0.500. The minimum atomic E-state index is 0.0547. The molecule has 0 aromatic heterocycles. The summed E-state index contributed by atoms with van der Waals surface area (Å²) in [6, 6.07) is 6.42. The maximum atomic E-state index is 12.2. The molecule has 3 rings (SSSR count). The topological polar surface area (TPSA) is 26.3 Å². The van der Waals surface area contributed by atoms with E-state index < -0.39 is 0 Å². The molecule has 0 radical (unpaired) electrons. The zero-order chi connectivity index (χ0) is 14.3. The third kappa shape index (κ3) is 1.81. The average Bonchev–Trinajstić information content (AvgIpc) is 2.47. The van der Waals surface area contributed by atoms with Crippen molar-refractivity contribution in [1.29, 1.82) is 0 Å². The molecule has 20 heavy (non-hydrogen) atoms. The van der Waals surface area contributed by atoms with Crippen molar-refractivity contribution in [3.8, 4) is 5.75 Å². The van der Waals surface area contributed by atoms with E-state index in [-0.39, 0.29) is 5.41 Å². The third-order valence-corrected chi connectivity index (χ3v) is 5.12. The maximum absolute atomic E-state index is 12.2. The molecular formula is C18H22O2. The second kappa shape index (κ2) is 4.76. The van der Waals surface area contributed by atoms with Crippen LogP contribution in [0.3, 0.4) is 0 Å². The highest BCUT2D eigenvalue weighted by Gasteiger charge is 2.41. The summed E-state index contributed by atoms with van der Waals surface area (Å²) in [6.45, 7) is 4.42. The van der Waals surface area contributed by atoms with Gasteiger partial charge in [0.15, 0.2) is 5.78 Å². The minimum Gasteiger partial charge on any atom is -0.497 e. The lowest BCUT2D eigenvalue weighted by atomic mass is 9.61. The Bertz CT molecular complexity index is 597. The monoisotopic (exact) mass is 270 g/mol. The summed E-state index contributed by atoms with van der Waals surface area (Å²) in [4.78, 5) is 12.2. The van der Waals surface area contributed by atoms with Gasteiger partial charge in [0, 0.05) is 11.8 Å². The molecule has 2 heteroatoms. The second-order valence-electron chi connectivity index (χ2n) is 6.09. The summed E-state index contributed by atoms with van der Waals surface area (Å²) in [6.07, 6.45) is 4.55. The number of aryl methyl sites for hydroxylation is 1. The summed E-state index contributed by atoms with van der Waals surface area (Å²) in [5.74, 6) is 1.30. The van der Waals surface area contributed by atoms with Gasteiger partial charge in [-0.05, 0) is 54.5 Å². The molecule has 0 amide bonds. The molecule has 0 saturated carbocycles. The highest BCUT2D eigenvalue weighted by Crippen LogP contribution is 2.49. The first-order chi connectivity index (χ1) is 9.60. The fourth-order valence-electron chi connectivity index (χ4n) is 4.00. The van der Waals surface area contributed by atoms with Crippen LogP contribution in [0.15, 0.2) is 29.3 Å². The van der Waals surface area contributed by atoms with E-state index in [1.54, 1.807) is 7.11 Å². The van der Waals surface area contributed by atoms with Gasteiger partial charge in [0.1, 0.15) is 5.75 Å². The Labute approximate surface area is 120 Å². The van der Waals surface area contributed by atoms with Crippen molar-refractivity contribution >= 4 is 5.78 Å². The zero-order valence-electron chi connectivity index (χ0n) is 12.6. The van der Waals surface area contributed by atoms with Gasteiger partial charge in [-0.15, -0.1) is 0 Å². The number of rotatable bonds is 2. The van der Waals surface area contributed by atoms with Gasteiger partial charge in [-0.2, -0.15) is 0 Å². The Morgan fingerprint density at radius 2 is 2.05 bits per heavy atom. The van der Waals surface area contributed by atoms with E-state index in [1.807, 2.05) is 0 Å². The van der Waals surface area contributed by atoms with Crippen molar-refractivity contribution < 1.29 is 9.53 Å². The molecule has 2 aliphatic carbocycles. The average molecular weight is 270 g/mol. The number of hydrogen-bond donors (Lipinski definition) is 0. The van der Waals surface area contributed by atoms with Crippen molar-refractivity contribution in [1.82, 2.24) is 0 Å². The highest BCUT2D eigenvalue weighted by molar-refractivity contribution is 5.97. The molecule has 1 atom stereocenters. The van der Waals surface area contributed by atoms with Crippen LogP contribution in [0.25, 0.3) is 0 Å². The summed E-state index contributed by atoms with van der Waals surface area (Å²) in [5.41, 5.74) is 5.34. The Morgan fingerprint density at radius 3 is 2.75 bits per heavy atom. The van der Waals surface area contributed by atoms with Crippen LogP contribution >= 0.6 is 0 Å². The van der Waals surface area contributed by atoms with Crippen LogP contribution in [-0.2, 0) is 16.6 Å². The smallest absolute Gasteiger partial charge is 0.158 e. The molecule has 2 nitrogen and oxygen atoms in total. The van der Waals surface area contributed by atoms with Crippen LogP contribution in [0.2, 0.25) is 0 Å². The Hall–Kier alpha value is -1.57. The molecule has 2 aliphatic rings. The van der Waals surface area contributed by atoms with Crippen LogP contribution in [-0.4, -0.2) is 12.9 Å². The minimum absolute atomic E-state index is 0.0547. The summed E-state index contributed by atoms with van der Waals surface area (Å²) in [5, 5.41) is 0. The van der Waals surface area contributed by atoms with Crippen LogP contribution in [0, 0.1) is 0 Å². The number of methoxy groups -OCH3 is 1. The van der Waals surface area contributed by atoms with Gasteiger partial charge in [-0.25, -0.2) is 0 Å². The van der Waals surface area contributed by atoms with Crippen molar-refractivity contribution in [2.24, 2.45) is 0 Å². The lowest BCUT2D eigenvalue weighted by Gasteiger charge is -2.43. The first kappa shape index (κ1) is 13.4. The molecule has 106 valence electrons. The number of ketones is 1. The largest absolute Gasteiger partial charge is 0.497 e. The van der Waals surface area contributed by atoms with E-state index in [0.29, 0.717) is 12.2 Å². The normalized spacial score (nSPS) is 25.2. The molecule has 1 aromatic carbocycles. The Kier molecular flexibility index (Phi) is 3.19.